The predicted octanol–water partition coefficient (Wildman–Crippen LogP) is 2.38. The van der Waals surface area contributed by atoms with Crippen molar-refractivity contribution in [1.29, 1.82) is 0 Å². The van der Waals surface area contributed by atoms with E-state index in [1.165, 1.54) is 0 Å². The Balaban J connectivity index is 2.38. The summed E-state index contributed by atoms with van der Waals surface area (Å²) in [5, 5.41) is 0. The van der Waals surface area contributed by atoms with Crippen molar-refractivity contribution in [3.05, 3.63) is 0 Å². The first-order valence-corrected chi connectivity index (χ1v) is 5.91. The maximum absolute atomic E-state index is 5.82. The molecule has 1 aliphatic heterocycles. The Labute approximate surface area is 93.1 Å². The van der Waals surface area contributed by atoms with Crippen molar-refractivity contribution >= 4 is 0 Å². The Kier molecular flexibility index (Phi) is 5.03. The minimum Gasteiger partial charge on any atom is -0.376 e. The van der Waals surface area contributed by atoms with Gasteiger partial charge in [0.1, 0.15) is 6.10 Å². The number of rotatable bonds is 5. The van der Waals surface area contributed by atoms with E-state index in [-0.39, 0.29) is 30.5 Å². The lowest BCUT2D eigenvalue weighted by molar-refractivity contribution is -0.0852. The third-order valence-electron chi connectivity index (χ3n) is 2.43. The van der Waals surface area contributed by atoms with Gasteiger partial charge < -0.3 is 14.2 Å². The van der Waals surface area contributed by atoms with Crippen molar-refractivity contribution in [3.8, 4) is 0 Å². The Morgan fingerprint density at radius 2 is 1.87 bits per heavy atom. The van der Waals surface area contributed by atoms with E-state index in [2.05, 4.69) is 20.8 Å². The average Bonchev–Trinajstić information content (AvgIpc) is 2.41. The lowest BCUT2D eigenvalue weighted by Gasteiger charge is -2.22. The highest BCUT2D eigenvalue weighted by atomic mass is 16.6. The summed E-state index contributed by atoms with van der Waals surface area (Å²) in [4.78, 5) is 0. The first kappa shape index (κ1) is 12.9. The molecule has 1 heterocycles. The quantitative estimate of drug-likeness (QED) is 0.706. The highest BCUT2D eigenvalue weighted by Crippen LogP contribution is 2.24. The van der Waals surface area contributed by atoms with Gasteiger partial charge in [-0.15, -0.1) is 0 Å². The van der Waals surface area contributed by atoms with Crippen LogP contribution in [0.25, 0.3) is 0 Å². The van der Waals surface area contributed by atoms with Gasteiger partial charge in [0.05, 0.1) is 31.0 Å². The average molecular weight is 216 g/mol. The number of hydrogen-bond donors (Lipinski definition) is 0. The van der Waals surface area contributed by atoms with E-state index in [0.29, 0.717) is 6.61 Å². The minimum absolute atomic E-state index is 0.102. The van der Waals surface area contributed by atoms with Crippen LogP contribution in [-0.4, -0.2) is 37.1 Å². The van der Waals surface area contributed by atoms with Crippen LogP contribution in [0.5, 0.6) is 0 Å². The van der Waals surface area contributed by atoms with Crippen LogP contribution >= 0.6 is 0 Å². The van der Waals surface area contributed by atoms with Crippen LogP contribution in [0.2, 0.25) is 0 Å². The molecule has 0 radical (unpaired) electrons. The molecular weight excluding hydrogens is 192 g/mol. The Morgan fingerprint density at radius 3 is 2.40 bits per heavy atom. The molecule has 0 N–H and O–H groups in total. The second-order valence-electron chi connectivity index (χ2n) is 4.83. The number of hydrogen-bond acceptors (Lipinski definition) is 3. The van der Waals surface area contributed by atoms with Gasteiger partial charge in [-0.05, 0) is 34.6 Å². The van der Waals surface area contributed by atoms with Crippen molar-refractivity contribution in [2.45, 2.75) is 71.6 Å². The fraction of sp³-hybridized carbons (Fsp3) is 1.00. The molecule has 3 nitrogen and oxygen atoms in total. The van der Waals surface area contributed by atoms with Crippen molar-refractivity contribution in [1.82, 2.24) is 0 Å². The summed E-state index contributed by atoms with van der Waals surface area (Å²) in [7, 11) is 0. The molecule has 0 bridgehead atoms. The highest BCUT2D eigenvalue weighted by Gasteiger charge is 2.34. The van der Waals surface area contributed by atoms with Gasteiger partial charge in [-0.25, -0.2) is 0 Å². The summed E-state index contributed by atoms with van der Waals surface area (Å²) in [5.41, 5.74) is 0. The van der Waals surface area contributed by atoms with E-state index in [4.69, 9.17) is 14.2 Å². The molecule has 0 aliphatic carbocycles. The molecule has 0 aromatic rings. The third kappa shape index (κ3) is 4.49. The molecule has 1 saturated heterocycles. The molecule has 0 aromatic heterocycles. The smallest absolute Gasteiger partial charge is 0.107 e. The summed E-state index contributed by atoms with van der Waals surface area (Å²) < 4.78 is 17.2. The summed E-state index contributed by atoms with van der Waals surface area (Å²) >= 11 is 0. The molecular formula is C12H24O3. The zero-order valence-electron chi connectivity index (χ0n) is 10.5. The van der Waals surface area contributed by atoms with Crippen LogP contribution in [0.1, 0.15) is 41.0 Å². The molecule has 1 aliphatic rings. The first-order valence-electron chi connectivity index (χ1n) is 5.91. The summed E-state index contributed by atoms with van der Waals surface area (Å²) in [6.07, 6.45) is 2.07. The van der Waals surface area contributed by atoms with Crippen molar-refractivity contribution in [2.24, 2.45) is 0 Å². The molecule has 0 amide bonds. The monoisotopic (exact) mass is 216 g/mol. The summed E-state index contributed by atoms with van der Waals surface area (Å²) in [6, 6.07) is 0. The summed E-state index contributed by atoms with van der Waals surface area (Å²) in [6.45, 7) is 10.9. The highest BCUT2D eigenvalue weighted by molar-refractivity contribution is 4.82. The van der Waals surface area contributed by atoms with Crippen LogP contribution < -0.4 is 0 Å². The zero-order valence-corrected chi connectivity index (χ0v) is 10.5. The molecule has 0 spiro atoms. The molecule has 3 heteroatoms. The lowest BCUT2D eigenvalue weighted by atomic mass is 10.1. The van der Waals surface area contributed by atoms with Crippen LogP contribution in [0.15, 0.2) is 0 Å². The van der Waals surface area contributed by atoms with Gasteiger partial charge in [0.2, 0.25) is 0 Å². The van der Waals surface area contributed by atoms with Gasteiger partial charge in [0.15, 0.2) is 0 Å². The third-order valence-corrected chi connectivity index (χ3v) is 2.43. The van der Waals surface area contributed by atoms with E-state index in [9.17, 15) is 0 Å². The molecule has 1 fully saturated rings. The van der Waals surface area contributed by atoms with E-state index >= 15 is 0 Å². The molecule has 0 aromatic carbocycles. The fourth-order valence-corrected chi connectivity index (χ4v) is 1.85. The molecule has 1 rings (SSSR count). The van der Waals surface area contributed by atoms with Gasteiger partial charge in [0.25, 0.3) is 0 Å². The van der Waals surface area contributed by atoms with E-state index in [0.717, 1.165) is 6.42 Å². The lowest BCUT2D eigenvalue weighted by Crippen LogP contribution is -2.32. The van der Waals surface area contributed by atoms with E-state index < -0.39 is 0 Å². The van der Waals surface area contributed by atoms with Gasteiger partial charge in [-0.1, -0.05) is 0 Å². The first-order chi connectivity index (χ1) is 6.99. The van der Waals surface area contributed by atoms with Crippen molar-refractivity contribution in [2.75, 3.05) is 6.61 Å². The number of ether oxygens (including phenoxy) is 3. The second-order valence-corrected chi connectivity index (χ2v) is 4.83. The maximum Gasteiger partial charge on any atom is 0.107 e. The van der Waals surface area contributed by atoms with Crippen LogP contribution in [0.3, 0.4) is 0 Å². The SMILES string of the molecule is CC(C)OC[C@H]1O[C@@H](C)CC1OC(C)C. The van der Waals surface area contributed by atoms with Gasteiger partial charge in [-0.3, -0.25) is 0 Å². The van der Waals surface area contributed by atoms with E-state index in [1.807, 2.05) is 13.8 Å². The molecule has 15 heavy (non-hydrogen) atoms. The maximum atomic E-state index is 5.82. The van der Waals surface area contributed by atoms with Gasteiger partial charge in [-0.2, -0.15) is 0 Å². The molecule has 0 saturated carbocycles. The molecule has 90 valence electrons. The predicted molar refractivity (Wildman–Crippen MR) is 60.0 cm³/mol. The standard InChI is InChI=1S/C12H24O3/c1-8(2)13-7-12-11(14-9(3)4)6-10(5)15-12/h8-12H,6-7H2,1-5H3/t10-,11?,12+/m0/s1. The van der Waals surface area contributed by atoms with Gasteiger partial charge >= 0.3 is 0 Å². The van der Waals surface area contributed by atoms with Crippen molar-refractivity contribution < 1.29 is 14.2 Å². The second kappa shape index (κ2) is 5.83. The molecule has 3 atom stereocenters. The zero-order chi connectivity index (χ0) is 11.4. The largest absolute Gasteiger partial charge is 0.376 e. The minimum atomic E-state index is 0.102. The Hall–Kier alpha value is -0.120. The topological polar surface area (TPSA) is 27.7 Å². The summed E-state index contributed by atoms with van der Waals surface area (Å²) in [5.74, 6) is 0. The fourth-order valence-electron chi connectivity index (χ4n) is 1.85. The van der Waals surface area contributed by atoms with Crippen molar-refractivity contribution in [3.63, 3.8) is 0 Å². The van der Waals surface area contributed by atoms with Crippen LogP contribution in [-0.2, 0) is 14.2 Å². The Morgan fingerprint density at radius 1 is 1.20 bits per heavy atom. The molecule has 1 unspecified atom stereocenters. The van der Waals surface area contributed by atoms with E-state index in [1.54, 1.807) is 0 Å². The normalized spacial score (nSPS) is 31.8. The van der Waals surface area contributed by atoms with Crippen LogP contribution in [0, 0.1) is 0 Å². The van der Waals surface area contributed by atoms with Crippen LogP contribution in [0.4, 0.5) is 0 Å². The Bertz CT molecular complexity index is 180. The van der Waals surface area contributed by atoms with Gasteiger partial charge in [0, 0.05) is 6.42 Å².